The van der Waals surface area contributed by atoms with Crippen LogP contribution in [0.3, 0.4) is 0 Å². The van der Waals surface area contributed by atoms with Crippen LogP contribution in [0.4, 0.5) is 4.79 Å². The third-order valence-electron chi connectivity index (χ3n) is 9.22. The molecule has 4 fully saturated rings. The van der Waals surface area contributed by atoms with Gasteiger partial charge in [-0.3, -0.25) is 9.59 Å². The van der Waals surface area contributed by atoms with E-state index in [1.54, 1.807) is 0 Å². The van der Waals surface area contributed by atoms with Gasteiger partial charge in [0.05, 0.1) is 0 Å². The Morgan fingerprint density at radius 2 is 1.62 bits per heavy atom. The number of H-pyrrole nitrogens is 1. The quantitative estimate of drug-likeness (QED) is 0.341. The molecular weight excluding hydrogens is 506 g/mol. The van der Waals surface area contributed by atoms with Gasteiger partial charge >= 0.3 is 12.1 Å². The van der Waals surface area contributed by atoms with Crippen LogP contribution in [0, 0.1) is 23.7 Å². The smallest absolute Gasteiger partial charge is 0.408 e. The van der Waals surface area contributed by atoms with Gasteiger partial charge in [-0.1, -0.05) is 48.5 Å². The second kappa shape index (κ2) is 11.4. The largest absolute Gasteiger partial charge is 0.480 e. The number of aromatic nitrogens is 1. The molecule has 4 bridgehead atoms. The molecule has 0 spiro atoms. The monoisotopic (exact) mass is 543 g/mol. The van der Waals surface area contributed by atoms with Crippen LogP contribution < -0.4 is 5.32 Å². The van der Waals surface area contributed by atoms with E-state index in [1.807, 2.05) is 60.8 Å². The van der Waals surface area contributed by atoms with Crippen molar-refractivity contribution in [1.82, 2.24) is 15.2 Å². The zero-order valence-corrected chi connectivity index (χ0v) is 22.6. The van der Waals surface area contributed by atoms with E-state index in [0.717, 1.165) is 59.5 Å². The molecular formula is C32H37N3O5. The minimum atomic E-state index is -1.09. The number of nitrogens with zero attached hydrogens (tertiary/aromatic N) is 1. The summed E-state index contributed by atoms with van der Waals surface area (Å²) < 4.78 is 6.06. The van der Waals surface area contributed by atoms with Gasteiger partial charge < -0.3 is 25.0 Å². The summed E-state index contributed by atoms with van der Waals surface area (Å²) in [7, 11) is 0. The summed E-state index contributed by atoms with van der Waals surface area (Å²) in [6.45, 7) is -0.214. The maximum atomic E-state index is 13.9. The molecule has 210 valence electrons. The first-order valence-corrected chi connectivity index (χ1v) is 14.5. The fraction of sp³-hybridized carbons (Fsp3) is 0.469. The van der Waals surface area contributed by atoms with Crippen LogP contribution >= 0.6 is 0 Å². The van der Waals surface area contributed by atoms with Gasteiger partial charge in [-0.05, 0) is 79.4 Å². The number of carbonyl (C=O) groups excluding carboxylic acids is 2. The highest BCUT2D eigenvalue weighted by atomic mass is 16.6. The molecule has 2 aromatic carbocycles. The van der Waals surface area contributed by atoms with E-state index < -0.39 is 30.6 Å². The number of ether oxygens (including phenoxy) is 1. The Hall–Kier alpha value is -3.81. The van der Waals surface area contributed by atoms with E-state index in [9.17, 15) is 19.5 Å². The molecule has 4 saturated carbocycles. The summed E-state index contributed by atoms with van der Waals surface area (Å²) in [4.78, 5) is 43.6. The highest BCUT2D eigenvalue weighted by Gasteiger charge is 2.50. The molecule has 0 unspecified atom stereocenters. The summed E-state index contributed by atoms with van der Waals surface area (Å²) in [5, 5.41) is 13.4. The van der Waals surface area contributed by atoms with Crippen LogP contribution in [-0.2, 0) is 27.2 Å². The lowest BCUT2D eigenvalue weighted by Gasteiger charge is -2.53. The normalized spacial score (nSPS) is 25.4. The molecule has 0 saturated heterocycles. The molecule has 4 aliphatic carbocycles. The lowest BCUT2D eigenvalue weighted by Crippen LogP contribution is -2.54. The van der Waals surface area contributed by atoms with Crippen molar-refractivity contribution in [2.45, 2.75) is 57.1 Å². The van der Waals surface area contributed by atoms with Crippen molar-refractivity contribution >= 4 is 28.9 Å². The Morgan fingerprint density at radius 3 is 2.33 bits per heavy atom. The highest BCUT2D eigenvalue weighted by molar-refractivity contribution is 5.90. The summed E-state index contributed by atoms with van der Waals surface area (Å²) in [6.07, 6.45) is 7.68. The van der Waals surface area contributed by atoms with Crippen molar-refractivity contribution in [3.8, 4) is 0 Å². The Balaban J connectivity index is 1.21. The first-order chi connectivity index (χ1) is 19.4. The second-order valence-corrected chi connectivity index (χ2v) is 12.0. The van der Waals surface area contributed by atoms with Crippen molar-refractivity contribution in [3.63, 3.8) is 0 Å². The molecule has 1 aromatic heterocycles. The molecule has 3 aromatic rings. The fourth-order valence-electron chi connectivity index (χ4n) is 7.65. The van der Waals surface area contributed by atoms with Gasteiger partial charge in [-0.15, -0.1) is 0 Å². The van der Waals surface area contributed by atoms with E-state index in [1.165, 1.54) is 11.3 Å². The van der Waals surface area contributed by atoms with Crippen LogP contribution in [0.5, 0.6) is 0 Å². The van der Waals surface area contributed by atoms with E-state index in [0.29, 0.717) is 18.3 Å². The van der Waals surface area contributed by atoms with Crippen molar-refractivity contribution < 1.29 is 24.2 Å². The first-order valence-electron chi connectivity index (χ1n) is 14.5. The number of carbonyl (C=O) groups is 3. The molecule has 1 atom stereocenters. The summed E-state index contributed by atoms with van der Waals surface area (Å²) >= 11 is 0. The third-order valence-corrected chi connectivity index (χ3v) is 9.22. The lowest BCUT2D eigenvalue weighted by atomic mass is 9.55. The number of hydrogen-bond donors (Lipinski definition) is 3. The van der Waals surface area contributed by atoms with Gasteiger partial charge in [0.15, 0.2) is 0 Å². The number of carboxylic acids is 1. The number of benzene rings is 2. The van der Waals surface area contributed by atoms with E-state index in [-0.39, 0.29) is 19.1 Å². The summed E-state index contributed by atoms with van der Waals surface area (Å²) in [6, 6.07) is 16.5. The number of amides is 2. The van der Waals surface area contributed by atoms with Crippen LogP contribution in [0.25, 0.3) is 10.9 Å². The second-order valence-electron chi connectivity index (χ2n) is 12.0. The molecule has 1 heterocycles. The molecule has 4 aliphatic rings. The van der Waals surface area contributed by atoms with Crippen molar-refractivity contribution in [2.75, 3.05) is 13.1 Å². The van der Waals surface area contributed by atoms with E-state index in [4.69, 9.17) is 4.74 Å². The van der Waals surface area contributed by atoms with Crippen LogP contribution in [-0.4, -0.2) is 58.2 Å². The predicted octanol–water partition coefficient (Wildman–Crippen LogP) is 4.79. The lowest BCUT2D eigenvalue weighted by molar-refractivity contribution is -0.145. The van der Waals surface area contributed by atoms with Crippen molar-refractivity contribution in [3.05, 3.63) is 71.9 Å². The molecule has 3 N–H and O–H groups in total. The maximum absolute atomic E-state index is 13.9. The summed E-state index contributed by atoms with van der Waals surface area (Å²) in [5.74, 6) is 0.805. The predicted molar refractivity (Wildman–Crippen MR) is 151 cm³/mol. The van der Waals surface area contributed by atoms with E-state index in [2.05, 4.69) is 10.3 Å². The molecule has 8 heteroatoms. The topological polar surface area (TPSA) is 112 Å². The number of carboxylic acid groups (broad SMARTS) is 1. The van der Waals surface area contributed by atoms with Gasteiger partial charge in [0.1, 0.15) is 18.7 Å². The molecule has 0 radical (unpaired) electrons. The number of alkyl carbamates (subject to hydrolysis) is 1. The maximum Gasteiger partial charge on any atom is 0.408 e. The fourth-order valence-corrected chi connectivity index (χ4v) is 7.65. The summed E-state index contributed by atoms with van der Waals surface area (Å²) in [5.41, 5.74) is 2.82. The standard InChI is InChI=1S/C32H37N3O5/c36-29(37)19-35(11-10-20-6-2-1-3-7-20)31(38)28(17-25-18-33-27-9-5-4-8-26(25)27)34-32(39)40-30-23-13-21-12-22(15-23)16-24(30)14-21/h1-9,18,21-24,28,30,33H,10-17,19H2,(H,34,39)(H,36,37)/t21?,22?,23?,24?,28-,30?/m1/s1. The van der Waals surface area contributed by atoms with Crippen LogP contribution in [0.2, 0.25) is 0 Å². The molecule has 2 amide bonds. The molecule has 40 heavy (non-hydrogen) atoms. The molecule has 8 nitrogen and oxygen atoms in total. The van der Waals surface area contributed by atoms with Gasteiger partial charge in [0, 0.05) is 30.1 Å². The van der Waals surface area contributed by atoms with E-state index >= 15 is 0 Å². The SMILES string of the molecule is O=C(O)CN(CCc1ccccc1)C(=O)[C@@H](Cc1c[nH]c2ccccc12)NC(=O)OC1C2CC3CC(C2)CC1C3. The minimum Gasteiger partial charge on any atom is -0.480 e. The Bertz CT molecular complexity index is 1340. The first kappa shape index (κ1) is 26.4. The van der Waals surface area contributed by atoms with Gasteiger partial charge in [0.25, 0.3) is 0 Å². The van der Waals surface area contributed by atoms with Gasteiger partial charge in [-0.25, -0.2) is 4.79 Å². The third kappa shape index (κ3) is 5.71. The number of fused-ring (bicyclic) bond motifs is 1. The minimum absolute atomic E-state index is 0.107. The van der Waals surface area contributed by atoms with Crippen LogP contribution in [0.1, 0.15) is 43.2 Å². The number of aromatic amines is 1. The van der Waals surface area contributed by atoms with Crippen molar-refractivity contribution in [1.29, 1.82) is 0 Å². The van der Waals surface area contributed by atoms with Crippen molar-refractivity contribution in [2.24, 2.45) is 23.7 Å². The number of hydrogen-bond acceptors (Lipinski definition) is 4. The number of para-hydroxylation sites is 1. The zero-order chi connectivity index (χ0) is 27.6. The van der Waals surface area contributed by atoms with Crippen LogP contribution in [0.15, 0.2) is 60.8 Å². The Labute approximate surface area is 234 Å². The average molecular weight is 544 g/mol. The molecule has 0 aliphatic heterocycles. The number of aliphatic carboxylic acids is 1. The molecule has 7 rings (SSSR count). The average Bonchev–Trinajstić information content (AvgIpc) is 3.35. The number of nitrogens with one attached hydrogen (secondary N) is 2. The Morgan fingerprint density at radius 1 is 0.950 bits per heavy atom. The van der Waals surface area contributed by atoms with Gasteiger partial charge in [-0.2, -0.15) is 0 Å². The van der Waals surface area contributed by atoms with Gasteiger partial charge in [0.2, 0.25) is 5.91 Å². The number of rotatable bonds is 10. The Kier molecular flexibility index (Phi) is 7.50. The zero-order valence-electron chi connectivity index (χ0n) is 22.6. The highest BCUT2D eigenvalue weighted by Crippen LogP contribution is 2.54.